The Morgan fingerprint density at radius 1 is 1.14 bits per heavy atom. The number of hydrogen-bond donors (Lipinski definition) is 4. The zero-order valence-corrected chi connectivity index (χ0v) is 11.7. The van der Waals surface area contributed by atoms with Crippen LogP contribution in [0.1, 0.15) is 31.2 Å². The molecule has 0 aliphatic heterocycles. The first-order chi connectivity index (χ1) is 10.3. The minimum absolute atomic E-state index is 0.0458. The van der Waals surface area contributed by atoms with Crippen LogP contribution in [0.5, 0.6) is 5.75 Å². The molecule has 0 saturated heterocycles. The maximum absolute atomic E-state index is 12.7. The Labute approximate surface area is 125 Å². The van der Waals surface area contributed by atoms with Crippen LogP contribution in [0.3, 0.4) is 0 Å². The van der Waals surface area contributed by atoms with Gasteiger partial charge in [0.05, 0.1) is 11.3 Å². The number of hydrogen-bond acceptors (Lipinski definition) is 3. The summed E-state index contributed by atoms with van der Waals surface area (Å²) in [5.41, 5.74) is -0.779. The molecule has 0 aromatic heterocycles. The molecule has 0 radical (unpaired) electrons. The van der Waals surface area contributed by atoms with Gasteiger partial charge in [0, 0.05) is 12.1 Å². The van der Waals surface area contributed by atoms with Gasteiger partial charge in [0.2, 0.25) is 0 Å². The van der Waals surface area contributed by atoms with Crippen molar-refractivity contribution in [2.45, 2.75) is 43.9 Å². The van der Waals surface area contributed by atoms with Crippen molar-refractivity contribution in [3.8, 4) is 5.75 Å². The van der Waals surface area contributed by atoms with Gasteiger partial charge in [0.1, 0.15) is 5.75 Å². The van der Waals surface area contributed by atoms with E-state index >= 15 is 0 Å². The van der Waals surface area contributed by atoms with Gasteiger partial charge in [-0.05, 0) is 43.9 Å². The highest BCUT2D eigenvalue weighted by Gasteiger charge is 2.31. The predicted molar refractivity (Wildman–Crippen MR) is 73.9 cm³/mol. The molecule has 1 saturated carbocycles. The number of anilines is 1. The van der Waals surface area contributed by atoms with Crippen LogP contribution >= 0.6 is 0 Å². The van der Waals surface area contributed by atoms with Crippen molar-refractivity contribution in [1.29, 1.82) is 0 Å². The van der Waals surface area contributed by atoms with E-state index in [0.29, 0.717) is 25.7 Å². The Morgan fingerprint density at radius 2 is 1.73 bits per heavy atom. The first-order valence-corrected chi connectivity index (χ1v) is 6.92. The number of phenols is 1. The molecule has 1 amide bonds. The Kier molecular flexibility index (Phi) is 4.68. The lowest BCUT2D eigenvalue weighted by molar-refractivity contribution is -0.137. The maximum Gasteiger partial charge on any atom is 0.416 e. The predicted octanol–water partition coefficient (Wildman–Crippen LogP) is 3.40. The van der Waals surface area contributed by atoms with Crippen molar-refractivity contribution < 1.29 is 28.2 Å². The molecular formula is C14H17F3N2O3. The van der Waals surface area contributed by atoms with E-state index in [9.17, 15) is 23.1 Å². The Morgan fingerprint density at radius 3 is 2.27 bits per heavy atom. The second kappa shape index (κ2) is 6.33. The molecule has 8 heteroatoms. The van der Waals surface area contributed by atoms with Crippen LogP contribution in [-0.4, -0.2) is 28.4 Å². The number of carbonyl (C=O) groups is 1. The molecule has 0 bridgehead atoms. The number of alkyl halides is 3. The van der Waals surface area contributed by atoms with Gasteiger partial charge in [-0.3, -0.25) is 0 Å². The molecule has 4 N–H and O–H groups in total. The zero-order valence-electron chi connectivity index (χ0n) is 11.7. The minimum Gasteiger partial charge on any atom is -0.506 e. The van der Waals surface area contributed by atoms with Crippen molar-refractivity contribution >= 4 is 11.8 Å². The molecule has 22 heavy (non-hydrogen) atoms. The van der Waals surface area contributed by atoms with Crippen LogP contribution < -0.4 is 10.6 Å². The lowest BCUT2D eigenvalue weighted by Crippen LogP contribution is -2.39. The van der Waals surface area contributed by atoms with Gasteiger partial charge in [-0.1, -0.05) is 0 Å². The molecule has 2 rings (SSSR count). The number of phenolic OH excluding ortho intramolecular Hbond substituents is 1. The number of halogens is 3. The summed E-state index contributed by atoms with van der Waals surface area (Å²) in [6.45, 7) is 0. The van der Waals surface area contributed by atoms with E-state index in [-0.39, 0.29) is 23.5 Å². The molecule has 1 aromatic carbocycles. The zero-order chi connectivity index (χ0) is 16.3. The molecule has 5 nitrogen and oxygen atoms in total. The monoisotopic (exact) mass is 318 g/mol. The molecule has 1 fully saturated rings. The average molecular weight is 318 g/mol. The Hall–Kier alpha value is -2.12. The number of rotatable bonds is 3. The quantitative estimate of drug-likeness (QED) is 0.644. The van der Waals surface area contributed by atoms with Crippen molar-refractivity contribution in [1.82, 2.24) is 5.32 Å². The molecular weight excluding hydrogens is 301 g/mol. The normalized spacial score (nSPS) is 22.1. The summed E-state index contributed by atoms with van der Waals surface area (Å²) in [7, 11) is 0. The van der Waals surface area contributed by atoms with Crippen LogP contribution in [0.25, 0.3) is 0 Å². The molecule has 122 valence electrons. The first kappa shape index (κ1) is 16.3. The maximum atomic E-state index is 12.7. The Balaban J connectivity index is 1.99. The fourth-order valence-corrected chi connectivity index (χ4v) is 2.60. The van der Waals surface area contributed by atoms with Gasteiger partial charge in [0.25, 0.3) is 0 Å². The first-order valence-electron chi connectivity index (χ1n) is 6.92. The van der Waals surface area contributed by atoms with Crippen LogP contribution in [0.2, 0.25) is 0 Å². The summed E-state index contributed by atoms with van der Waals surface area (Å²) in [6, 6.07) is 2.50. The third kappa shape index (κ3) is 4.19. The minimum atomic E-state index is -4.47. The highest BCUT2D eigenvalue weighted by molar-refractivity contribution is 5.64. The van der Waals surface area contributed by atoms with E-state index in [1.54, 1.807) is 0 Å². The van der Waals surface area contributed by atoms with E-state index in [1.807, 2.05) is 0 Å². The van der Waals surface area contributed by atoms with E-state index in [4.69, 9.17) is 5.11 Å². The fraction of sp³-hybridized carbons (Fsp3) is 0.500. The SMILES string of the molecule is O=C(O)N[C@H]1CC[C@H](Nc2cc(C(F)(F)F)ccc2O)CC1. The lowest BCUT2D eigenvalue weighted by atomic mass is 9.91. The lowest BCUT2D eigenvalue weighted by Gasteiger charge is -2.30. The second-order valence-electron chi connectivity index (χ2n) is 5.37. The van der Waals surface area contributed by atoms with Crippen LogP contribution in [0, 0.1) is 0 Å². The summed E-state index contributed by atoms with van der Waals surface area (Å²) in [4.78, 5) is 10.5. The molecule has 1 aromatic rings. The van der Waals surface area contributed by atoms with Crippen molar-refractivity contribution in [3.05, 3.63) is 23.8 Å². The highest BCUT2D eigenvalue weighted by atomic mass is 19.4. The number of amides is 1. The van der Waals surface area contributed by atoms with E-state index in [1.165, 1.54) is 0 Å². The number of benzene rings is 1. The fourth-order valence-electron chi connectivity index (χ4n) is 2.60. The van der Waals surface area contributed by atoms with Crippen molar-refractivity contribution in [2.75, 3.05) is 5.32 Å². The summed E-state index contributed by atoms with van der Waals surface area (Å²) < 4.78 is 38.0. The topological polar surface area (TPSA) is 81.6 Å². The van der Waals surface area contributed by atoms with E-state index in [2.05, 4.69) is 10.6 Å². The van der Waals surface area contributed by atoms with E-state index in [0.717, 1.165) is 18.2 Å². The van der Waals surface area contributed by atoms with Gasteiger partial charge in [-0.2, -0.15) is 13.2 Å². The van der Waals surface area contributed by atoms with Crippen LogP contribution in [-0.2, 0) is 6.18 Å². The smallest absolute Gasteiger partial charge is 0.416 e. The molecule has 1 aliphatic rings. The molecule has 0 heterocycles. The highest BCUT2D eigenvalue weighted by Crippen LogP contribution is 2.35. The third-order valence-electron chi connectivity index (χ3n) is 3.74. The standard InChI is InChI=1S/C14H17F3N2O3/c15-14(16,17)8-1-6-12(20)11(7-8)18-9-2-4-10(5-3-9)19-13(21)22/h1,6-7,9-10,18-20H,2-5H2,(H,21,22)/t9-,10-. The van der Waals surface area contributed by atoms with Crippen molar-refractivity contribution in [2.24, 2.45) is 0 Å². The van der Waals surface area contributed by atoms with Gasteiger partial charge < -0.3 is 20.8 Å². The van der Waals surface area contributed by atoms with Crippen LogP contribution in [0.15, 0.2) is 18.2 Å². The Bertz CT molecular complexity index is 541. The molecule has 0 unspecified atom stereocenters. The number of carboxylic acid groups (broad SMARTS) is 1. The molecule has 0 spiro atoms. The van der Waals surface area contributed by atoms with Gasteiger partial charge in [-0.25, -0.2) is 4.79 Å². The summed E-state index contributed by atoms with van der Waals surface area (Å²) >= 11 is 0. The summed E-state index contributed by atoms with van der Waals surface area (Å²) in [5.74, 6) is -0.237. The average Bonchev–Trinajstić information content (AvgIpc) is 2.41. The number of nitrogens with one attached hydrogen (secondary N) is 2. The van der Waals surface area contributed by atoms with Gasteiger partial charge >= 0.3 is 12.3 Å². The molecule has 1 aliphatic carbocycles. The second-order valence-corrected chi connectivity index (χ2v) is 5.37. The van der Waals surface area contributed by atoms with Crippen molar-refractivity contribution in [3.63, 3.8) is 0 Å². The van der Waals surface area contributed by atoms with E-state index < -0.39 is 17.8 Å². The third-order valence-corrected chi connectivity index (χ3v) is 3.74. The number of aromatic hydroxyl groups is 1. The summed E-state index contributed by atoms with van der Waals surface area (Å²) in [5, 5.41) is 23.6. The molecule has 0 atom stereocenters. The van der Waals surface area contributed by atoms with Crippen LogP contribution in [0.4, 0.5) is 23.7 Å². The largest absolute Gasteiger partial charge is 0.506 e. The van der Waals surface area contributed by atoms with Gasteiger partial charge in [0.15, 0.2) is 0 Å². The van der Waals surface area contributed by atoms with Gasteiger partial charge in [-0.15, -0.1) is 0 Å². The summed E-state index contributed by atoms with van der Waals surface area (Å²) in [6.07, 6.45) is -3.12.